The molecular weight excluding hydrogens is 184 g/mol. The summed E-state index contributed by atoms with van der Waals surface area (Å²) in [6, 6.07) is 0. The average molecular weight is 200 g/mol. The van der Waals surface area contributed by atoms with Crippen LogP contribution >= 0.6 is 0 Å². The monoisotopic (exact) mass is 200 g/mol. The van der Waals surface area contributed by atoms with Gasteiger partial charge in [-0.15, -0.1) is 0 Å². The quantitative estimate of drug-likeness (QED) is 0.688. The van der Waals surface area contributed by atoms with Crippen LogP contribution in [0.5, 0.6) is 0 Å². The number of aliphatic hydroxyl groups excluding tert-OH is 1. The molecule has 0 aromatic rings. The molecule has 0 saturated heterocycles. The van der Waals surface area contributed by atoms with Crippen LogP contribution < -0.4 is 0 Å². The Hall–Kier alpha value is -1.03. The lowest BCUT2D eigenvalue weighted by Gasteiger charge is -2.16. The molecule has 0 aromatic heterocycles. The summed E-state index contributed by atoms with van der Waals surface area (Å²) >= 11 is 0. The van der Waals surface area contributed by atoms with Gasteiger partial charge in [0.2, 0.25) is 0 Å². The minimum Gasteiger partial charge on any atom is -0.498 e. The zero-order chi connectivity index (χ0) is 10.4. The van der Waals surface area contributed by atoms with E-state index in [2.05, 4.69) is 4.74 Å². The molecule has 14 heavy (non-hydrogen) atoms. The Balaban J connectivity index is 2.35. The Bertz CT molecular complexity index is 222. The molecule has 0 aromatic carbocycles. The summed E-state index contributed by atoms with van der Waals surface area (Å²) in [6.07, 6.45) is 2.98. The van der Waals surface area contributed by atoms with Crippen LogP contribution in [-0.4, -0.2) is 30.4 Å². The van der Waals surface area contributed by atoms with Crippen molar-refractivity contribution in [3.63, 3.8) is 0 Å². The van der Waals surface area contributed by atoms with Gasteiger partial charge in [0, 0.05) is 6.42 Å². The highest BCUT2D eigenvalue weighted by Gasteiger charge is 2.19. The normalized spacial score (nSPS) is 18.0. The lowest BCUT2D eigenvalue weighted by molar-refractivity contribution is -0.153. The smallest absolute Gasteiger partial charge is 0.335 e. The molecule has 0 radical (unpaired) electrons. The second-order valence-electron chi connectivity index (χ2n) is 3.13. The van der Waals surface area contributed by atoms with Crippen LogP contribution in [0.2, 0.25) is 0 Å². The number of carbonyl (C=O) groups excluding carboxylic acids is 1. The highest BCUT2D eigenvalue weighted by molar-refractivity contribution is 5.74. The minimum atomic E-state index is -1.10. The van der Waals surface area contributed by atoms with Crippen LogP contribution in [0.4, 0.5) is 0 Å². The highest BCUT2D eigenvalue weighted by Crippen LogP contribution is 2.15. The molecule has 4 nitrogen and oxygen atoms in total. The second-order valence-corrected chi connectivity index (χ2v) is 3.13. The molecule has 1 aliphatic rings. The fraction of sp³-hybridized carbons (Fsp3) is 0.700. The highest BCUT2D eigenvalue weighted by atomic mass is 16.5. The van der Waals surface area contributed by atoms with Crippen molar-refractivity contribution in [2.24, 2.45) is 0 Å². The summed E-state index contributed by atoms with van der Waals surface area (Å²) in [6.45, 7) is 2.66. The van der Waals surface area contributed by atoms with E-state index in [1.807, 2.05) is 6.08 Å². The van der Waals surface area contributed by atoms with E-state index in [1.54, 1.807) is 6.92 Å². The van der Waals surface area contributed by atoms with Crippen molar-refractivity contribution in [2.45, 2.75) is 32.3 Å². The third kappa shape index (κ3) is 3.38. The van der Waals surface area contributed by atoms with Gasteiger partial charge in [0.1, 0.15) is 0 Å². The fourth-order valence-electron chi connectivity index (χ4n) is 1.26. The molecule has 0 spiro atoms. The van der Waals surface area contributed by atoms with Gasteiger partial charge in [0.05, 0.1) is 19.0 Å². The molecule has 1 heterocycles. The first-order valence-corrected chi connectivity index (χ1v) is 4.90. The Labute approximate surface area is 83.5 Å². The first-order chi connectivity index (χ1) is 6.74. The van der Waals surface area contributed by atoms with E-state index in [0.717, 1.165) is 12.8 Å². The van der Waals surface area contributed by atoms with Gasteiger partial charge in [-0.1, -0.05) is 0 Å². The fourth-order valence-corrected chi connectivity index (χ4v) is 1.26. The maximum atomic E-state index is 11.1. The molecule has 0 aliphatic carbocycles. The number of rotatable bonds is 4. The number of aliphatic hydroxyl groups is 1. The van der Waals surface area contributed by atoms with Crippen LogP contribution in [0, 0.1) is 0 Å². The van der Waals surface area contributed by atoms with Gasteiger partial charge in [-0.25, -0.2) is 4.79 Å². The van der Waals surface area contributed by atoms with Crippen LogP contribution in [0.1, 0.15) is 26.2 Å². The Morgan fingerprint density at radius 3 is 3.14 bits per heavy atom. The Morgan fingerprint density at radius 2 is 2.57 bits per heavy atom. The first-order valence-electron chi connectivity index (χ1n) is 4.90. The molecule has 1 aliphatic heterocycles. The molecule has 1 N–H and O–H groups in total. The average Bonchev–Trinajstić information content (AvgIpc) is 2.19. The molecule has 1 unspecified atom stereocenters. The van der Waals surface area contributed by atoms with Crippen LogP contribution in [-0.2, 0) is 14.3 Å². The van der Waals surface area contributed by atoms with Gasteiger partial charge in [-0.3, -0.25) is 0 Å². The van der Waals surface area contributed by atoms with E-state index in [-0.39, 0.29) is 13.0 Å². The van der Waals surface area contributed by atoms with E-state index >= 15 is 0 Å². The molecule has 1 atom stereocenters. The van der Waals surface area contributed by atoms with Gasteiger partial charge in [0.25, 0.3) is 0 Å². The summed E-state index contributed by atoms with van der Waals surface area (Å²) in [4.78, 5) is 11.1. The Morgan fingerprint density at radius 1 is 1.79 bits per heavy atom. The molecule has 80 valence electrons. The maximum absolute atomic E-state index is 11.1. The molecule has 0 saturated carbocycles. The van der Waals surface area contributed by atoms with Crippen LogP contribution in [0.15, 0.2) is 11.8 Å². The third-order valence-corrected chi connectivity index (χ3v) is 1.96. The molecular formula is C10H16O4. The number of hydrogen-bond donors (Lipinski definition) is 1. The molecule has 1 rings (SSSR count). The standard InChI is InChI=1S/C10H16O4/c1-2-13-10(12)9(11)7-8-5-3-4-6-14-8/h5,9,11H,2-4,6-7H2,1H3. The van der Waals surface area contributed by atoms with E-state index in [9.17, 15) is 9.90 Å². The molecule has 0 bridgehead atoms. The molecule has 4 heteroatoms. The van der Waals surface area contributed by atoms with Gasteiger partial charge in [-0.05, 0) is 25.8 Å². The number of ether oxygens (including phenoxy) is 2. The van der Waals surface area contributed by atoms with Crippen molar-refractivity contribution in [3.05, 3.63) is 11.8 Å². The minimum absolute atomic E-state index is 0.221. The third-order valence-electron chi connectivity index (χ3n) is 1.96. The van der Waals surface area contributed by atoms with Crippen molar-refractivity contribution in [3.8, 4) is 0 Å². The van der Waals surface area contributed by atoms with Gasteiger partial charge < -0.3 is 14.6 Å². The summed E-state index contributed by atoms with van der Waals surface area (Å²) in [5.41, 5.74) is 0. The van der Waals surface area contributed by atoms with Gasteiger partial charge in [-0.2, -0.15) is 0 Å². The lowest BCUT2D eigenvalue weighted by Crippen LogP contribution is -2.24. The van der Waals surface area contributed by atoms with Crippen molar-refractivity contribution in [2.75, 3.05) is 13.2 Å². The molecule has 0 fully saturated rings. The number of allylic oxidation sites excluding steroid dienone is 1. The SMILES string of the molecule is CCOC(=O)C(O)CC1=CCCCO1. The van der Waals surface area contributed by atoms with E-state index < -0.39 is 12.1 Å². The summed E-state index contributed by atoms with van der Waals surface area (Å²) in [7, 11) is 0. The first kappa shape index (κ1) is 11.0. The Kier molecular flexibility index (Phi) is 4.46. The van der Waals surface area contributed by atoms with Crippen molar-refractivity contribution < 1.29 is 19.4 Å². The zero-order valence-corrected chi connectivity index (χ0v) is 8.36. The van der Waals surface area contributed by atoms with Crippen LogP contribution in [0.3, 0.4) is 0 Å². The predicted molar refractivity (Wildman–Crippen MR) is 50.5 cm³/mol. The maximum Gasteiger partial charge on any atom is 0.335 e. The van der Waals surface area contributed by atoms with Crippen LogP contribution in [0.25, 0.3) is 0 Å². The van der Waals surface area contributed by atoms with E-state index in [4.69, 9.17) is 4.74 Å². The number of carbonyl (C=O) groups is 1. The van der Waals surface area contributed by atoms with Crippen molar-refractivity contribution in [1.82, 2.24) is 0 Å². The van der Waals surface area contributed by atoms with E-state index in [0.29, 0.717) is 12.4 Å². The van der Waals surface area contributed by atoms with Gasteiger partial charge >= 0.3 is 5.97 Å². The second kappa shape index (κ2) is 5.65. The van der Waals surface area contributed by atoms with Crippen molar-refractivity contribution in [1.29, 1.82) is 0 Å². The largest absolute Gasteiger partial charge is 0.498 e. The summed E-state index contributed by atoms with van der Waals surface area (Å²) in [5, 5.41) is 9.41. The van der Waals surface area contributed by atoms with Crippen molar-refractivity contribution >= 4 is 5.97 Å². The topological polar surface area (TPSA) is 55.8 Å². The molecule has 0 amide bonds. The summed E-state index contributed by atoms with van der Waals surface area (Å²) < 4.78 is 9.94. The zero-order valence-electron chi connectivity index (χ0n) is 8.36. The van der Waals surface area contributed by atoms with E-state index in [1.165, 1.54) is 0 Å². The predicted octanol–water partition coefficient (Wildman–Crippen LogP) is 0.995. The number of esters is 1. The lowest BCUT2D eigenvalue weighted by atomic mass is 10.1. The summed E-state index contributed by atoms with van der Waals surface area (Å²) in [5.74, 6) is 0.111. The van der Waals surface area contributed by atoms with Gasteiger partial charge in [0.15, 0.2) is 6.10 Å². The number of hydrogen-bond acceptors (Lipinski definition) is 4.